The van der Waals surface area contributed by atoms with Crippen molar-refractivity contribution in [1.82, 2.24) is 0 Å². The summed E-state index contributed by atoms with van der Waals surface area (Å²) in [6.45, 7) is 3.91. The van der Waals surface area contributed by atoms with Gasteiger partial charge in [0.05, 0.1) is 30.4 Å². The number of carboxylic acids is 1. The van der Waals surface area contributed by atoms with Gasteiger partial charge >= 0.3 is 5.97 Å². The molecule has 0 unspecified atom stereocenters. The molecule has 1 aromatic carbocycles. The number of ether oxygens (including phenoxy) is 1. The summed E-state index contributed by atoms with van der Waals surface area (Å²) in [4.78, 5) is 12.7. The van der Waals surface area contributed by atoms with Crippen molar-refractivity contribution in [3.63, 3.8) is 0 Å². The Bertz CT molecular complexity index is 543. The fourth-order valence-electron chi connectivity index (χ4n) is 2.59. The quantitative estimate of drug-likeness (QED) is 0.900. The molecule has 112 valence electrons. The molecular weight excluding hydrogens is 268 g/mol. The summed E-state index contributed by atoms with van der Waals surface area (Å²) in [5, 5.41) is 17.8. The van der Waals surface area contributed by atoms with E-state index in [1.807, 2.05) is 25.1 Å². The minimum Gasteiger partial charge on any atom is -0.481 e. The molecule has 1 saturated heterocycles. The molecule has 0 saturated carbocycles. The van der Waals surface area contributed by atoms with Gasteiger partial charge in [0, 0.05) is 13.1 Å². The van der Waals surface area contributed by atoms with Gasteiger partial charge in [0.2, 0.25) is 0 Å². The topological polar surface area (TPSA) is 73.6 Å². The van der Waals surface area contributed by atoms with Crippen LogP contribution in [-0.4, -0.2) is 36.9 Å². The van der Waals surface area contributed by atoms with Crippen molar-refractivity contribution in [3.05, 3.63) is 29.3 Å². The van der Waals surface area contributed by atoms with Gasteiger partial charge in [0.25, 0.3) is 0 Å². The molecule has 1 aliphatic heterocycles. The average Bonchev–Trinajstić information content (AvgIpc) is 2.47. The van der Waals surface area contributed by atoms with Crippen molar-refractivity contribution >= 4 is 11.7 Å². The van der Waals surface area contributed by atoms with Crippen molar-refractivity contribution in [1.29, 1.82) is 5.26 Å². The van der Waals surface area contributed by atoms with Crippen molar-refractivity contribution in [2.24, 2.45) is 0 Å². The van der Waals surface area contributed by atoms with Gasteiger partial charge in [0.1, 0.15) is 6.07 Å². The highest BCUT2D eigenvalue weighted by atomic mass is 16.5. The Morgan fingerprint density at radius 3 is 2.81 bits per heavy atom. The summed E-state index contributed by atoms with van der Waals surface area (Å²) in [5.74, 6) is -0.828. The first kappa shape index (κ1) is 15.3. The molecule has 5 nitrogen and oxygen atoms in total. The highest BCUT2D eigenvalue weighted by molar-refractivity contribution is 5.66. The van der Waals surface area contributed by atoms with E-state index in [0.717, 1.165) is 37.2 Å². The van der Waals surface area contributed by atoms with E-state index in [4.69, 9.17) is 9.84 Å². The Morgan fingerprint density at radius 1 is 1.48 bits per heavy atom. The molecule has 0 aliphatic carbocycles. The first-order valence-electron chi connectivity index (χ1n) is 7.19. The number of carboxylic acid groups (broad SMARTS) is 1. The summed E-state index contributed by atoms with van der Waals surface area (Å²) in [5.41, 5.74) is 2.77. The second-order valence-electron chi connectivity index (χ2n) is 5.33. The zero-order chi connectivity index (χ0) is 15.2. The smallest absolute Gasteiger partial charge is 0.305 e. The van der Waals surface area contributed by atoms with Crippen LogP contribution < -0.4 is 4.90 Å². The van der Waals surface area contributed by atoms with Crippen LogP contribution in [0, 0.1) is 18.3 Å². The molecule has 1 aliphatic rings. The molecule has 0 radical (unpaired) electrons. The molecule has 1 heterocycles. The van der Waals surface area contributed by atoms with Gasteiger partial charge in [0.15, 0.2) is 0 Å². The third-order valence-electron chi connectivity index (χ3n) is 3.72. The van der Waals surface area contributed by atoms with Gasteiger partial charge in [-0.15, -0.1) is 0 Å². The lowest BCUT2D eigenvalue weighted by Crippen LogP contribution is -2.37. The second-order valence-corrected chi connectivity index (χ2v) is 5.33. The standard InChI is InChI=1S/C16H20N2O3/c1-12-2-3-15(13(10-12)11-17)18-7-4-14(5-8-18)21-9-6-16(19)20/h2-3,10,14H,4-9H2,1H3,(H,19,20). The van der Waals surface area contributed by atoms with E-state index in [9.17, 15) is 10.1 Å². The number of piperidine rings is 1. The van der Waals surface area contributed by atoms with E-state index in [-0.39, 0.29) is 19.1 Å². The van der Waals surface area contributed by atoms with Crippen molar-refractivity contribution in [2.75, 3.05) is 24.6 Å². The summed E-state index contributed by atoms with van der Waals surface area (Å²) in [6.07, 6.45) is 1.89. The van der Waals surface area contributed by atoms with E-state index in [2.05, 4.69) is 11.0 Å². The van der Waals surface area contributed by atoms with E-state index in [1.165, 1.54) is 0 Å². The first-order valence-corrected chi connectivity index (χ1v) is 7.19. The van der Waals surface area contributed by atoms with Gasteiger partial charge in [-0.1, -0.05) is 6.07 Å². The SMILES string of the molecule is Cc1ccc(N2CCC(OCCC(=O)O)CC2)c(C#N)c1. The number of anilines is 1. The predicted molar refractivity (Wildman–Crippen MR) is 79.3 cm³/mol. The Hall–Kier alpha value is -2.06. The number of benzene rings is 1. The van der Waals surface area contributed by atoms with Crippen LogP contribution in [0.5, 0.6) is 0 Å². The number of aliphatic carboxylic acids is 1. The maximum Gasteiger partial charge on any atom is 0.305 e. The van der Waals surface area contributed by atoms with Crippen LogP contribution in [0.15, 0.2) is 18.2 Å². The van der Waals surface area contributed by atoms with Crippen molar-refractivity contribution in [2.45, 2.75) is 32.3 Å². The van der Waals surface area contributed by atoms with E-state index < -0.39 is 5.97 Å². The third kappa shape index (κ3) is 4.20. The largest absolute Gasteiger partial charge is 0.481 e. The predicted octanol–water partition coefficient (Wildman–Crippen LogP) is 2.33. The number of rotatable bonds is 5. The van der Waals surface area contributed by atoms with Crippen LogP contribution in [0.2, 0.25) is 0 Å². The molecule has 0 atom stereocenters. The molecule has 1 N–H and O–H groups in total. The number of hydrogen-bond donors (Lipinski definition) is 1. The molecule has 0 bridgehead atoms. The molecule has 0 spiro atoms. The van der Waals surface area contributed by atoms with Crippen LogP contribution in [0.3, 0.4) is 0 Å². The number of aryl methyl sites for hydroxylation is 1. The van der Waals surface area contributed by atoms with Crippen LogP contribution in [0.25, 0.3) is 0 Å². The second kappa shape index (κ2) is 7.09. The normalized spacial score (nSPS) is 15.7. The Morgan fingerprint density at radius 2 is 2.19 bits per heavy atom. The van der Waals surface area contributed by atoms with E-state index in [1.54, 1.807) is 0 Å². The zero-order valence-electron chi connectivity index (χ0n) is 12.2. The van der Waals surface area contributed by atoms with Gasteiger partial charge in [-0.3, -0.25) is 4.79 Å². The molecule has 21 heavy (non-hydrogen) atoms. The average molecular weight is 288 g/mol. The Labute approximate surface area is 124 Å². The van der Waals surface area contributed by atoms with Crippen molar-refractivity contribution in [3.8, 4) is 6.07 Å². The molecule has 1 aromatic rings. The van der Waals surface area contributed by atoms with E-state index in [0.29, 0.717) is 5.56 Å². The summed E-state index contributed by atoms with van der Waals surface area (Å²) in [7, 11) is 0. The minimum absolute atomic E-state index is 0.0523. The fraction of sp³-hybridized carbons (Fsp3) is 0.500. The molecule has 2 rings (SSSR count). The zero-order valence-corrected chi connectivity index (χ0v) is 12.2. The summed E-state index contributed by atoms with van der Waals surface area (Å²) in [6, 6.07) is 8.18. The maximum atomic E-state index is 10.5. The van der Waals surface area contributed by atoms with Gasteiger partial charge in [-0.25, -0.2) is 0 Å². The van der Waals surface area contributed by atoms with Gasteiger partial charge < -0.3 is 14.7 Å². The molecule has 0 amide bonds. The monoisotopic (exact) mass is 288 g/mol. The highest BCUT2D eigenvalue weighted by Gasteiger charge is 2.21. The fourth-order valence-corrected chi connectivity index (χ4v) is 2.59. The number of hydrogen-bond acceptors (Lipinski definition) is 4. The summed E-state index contributed by atoms with van der Waals surface area (Å²) < 4.78 is 5.58. The van der Waals surface area contributed by atoms with Crippen LogP contribution in [-0.2, 0) is 9.53 Å². The van der Waals surface area contributed by atoms with Gasteiger partial charge in [-0.05, 0) is 37.5 Å². The maximum absolute atomic E-state index is 10.5. The number of carbonyl (C=O) groups is 1. The lowest BCUT2D eigenvalue weighted by Gasteiger charge is -2.34. The minimum atomic E-state index is -0.828. The highest BCUT2D eigenvalue weighted by Crippen LogP contribution is 2.25. The molecule has 5 heteroatoms. The molecular formula is C16H20N2O3. The molecule has 1 fully saturated rings. The lowest BCUT2D eigenvalue weighted by atomic mass is 10.0. The summed E-state index contributed by atoms with van der Waals surface area (Å²) >= 11 is 0. The van der Waals surface area contributed by atoms with E-state index >= 15 is 0 Å². The first-order chi connectivity index (χ1) is 10.1. The van der Waals surface area contributed by atoms with Crippen LogP contribution in [0.4, 0.5) is 5.69 Å². The third-order valence-corrected chi connectivity index (χ3v) is 3.72. The lowest BCUT2D eigenvalue weighted by molar-refractivity contribution is -0.138. The van der Waals surface area contributed by atoms with Crippen LogP contribution >= 0.6 is 0 Å². The molecule has 0 aromatic heterocycles. The van der Waals surface area contributed by atoms with Crippen molar-refractivity contribution < 1.29 is 14.6 Å². The van der Waals surface area contributed by atoms with Crippen LogP contribution in [0.1, 0.15) is 30.4 Å². The number of nitriles is 1. The Kier molecular flexibility index (Phi) is 5.18. The Balaban J connectivity index is 1.89. The number of nitrogens with zero attached hydrogens (tertiary/aromatic N) is 2. The van der Waals surface area contributed by atoms with Gasteiger partial charge in [-0.2, -0.15) is 5.26 Å².